The van der Waals surface area contributed by atoms with Crippen LogP contribution in [-0.4, -0.2) is 35.3 Å². The molecule has 1 heterocycles. The first kappa shape index (κ1) is 11.0. The van der Waals surface area contributed by atoms with Gasteiger partial charge in [0.2, 0.25) is 0 Å². The third kappa shape index (κ3) is 2.06. The van der Waals surface area contributed by atoms with Crippen molar-refractivity contribution in [3.05, 3.63) is 0 Å². The molecule has 3 unspecified atom stereocenters. The summed E-state index contributed by atoms with van der Waals surface area (Å²) in [5.74, 6) is -0.197. The quantitative estimate of drug-likeness (QED) is 0.679. The molecule has 0 aliphatic carbocycles. The van der Waals surface area contributed by atoms with E-state index < -0.39 is 6.10 Å². The zero-order valence-electron chi connectivity index (χ0n) is 8.14. The maximum absolute atomic E-state index is 10.7. The van der Waals surface area contributed by atoms with E-state index in [0.29, 0.717) is 0 Å². The molecule has 0 spiro atoms. The average molecular weight is 204 g/mol. The number of thioether (sulfide) groups is 1. The number of carbonyl (C=O) groups excluding carboxylic acids is 1. The predicted octanol–water partition coefficient (Wildman–Crippen LogP) is 0.906. The summed E-state index contributed by atoms with van der Waals surface area (Å²) >= 11 is 1.49. The van der Waals surface area contributed by atoms with Crippen molar-refractivity contribution in [2.45, 2.75) is 31.5 Å². The molecule has 0 amide bonds. The molecule has 0 radical (unpaired) electrons. The van der Waals surface area contributed by atoms with Crippen LogP contribution in [0.5, 0.6) is 0 Å². The number of aliphatic hydroxyl groups excluding tert-OH is 1. The number of aliphatic hydroxyl groups is 1. The van der Waals surface area contributed by atoms with E-state index >= 15 is 0 Å². The van der Waals surface area contributed by atoms with Crippen LogP contribution >= 0.6 is 11.8 Å². The first-order valence-electron chi connectivity index (χ1n) is 4.43. The van der Waals surface area contributed by atoms with Crippen LogP contribution in [0.4, 0.5) is 0 Å². The number of carbonyl (C=O) groups is 1. The zero-order valence-corrected chi connectivity index (χ0v) is 8.95. The van der Waals surface area contributed by atoms with Gasteiger partial charge in [0.1, 0.15) is 11.7 Å². The summed E-state index contributed by atoms with van der Waals surface area (Å²) in [5.41, 5.74) is -0.193. The molecule has 0 bridgehead atoms. The highest BCUT2D eigenvalue weighted by Crippen LogP contribution is 2.33. The molecule has 4 heteroatoms. The van der Waals surface area contributed by atoms with Crippen molar-refractivity contribution in [2.75, 3.05) is 6.26 Å². The third-order valence-corrected chi connectivity index (χ3v) is 3.56. The van der Waals surface area contributed by atoms with Crippen LogP contribution in [-0.2, 0) is 9.53 Å². The van der Waals surface area contributed by atoms with Crippen molar-refractivity contribution in [1.82, 2.24) is 0 Å². The van der Waals surface area contributed by atoms with Crippen molar-refractivity contribution in [1.29, 1.82) is 0 Å². The Bertz CT molecular complexity index is 186. The van der Waals surface area contributed by atoms with Crippen LogP contribution in [0.15, 0.2) is 0 Å². The minimum absolute atomic E-state index is 0.0151. The lowest BCUT2D eigenvalue weighted by molar-refractivity contribution is -0.145. The van der Waals surface area contributed by atoms with Crippen molar-refractivity contribution in [3.63, 3.8) is 0 Å². The maximum Gasteiger partial charge on any atom is 0.129 e. The monoisotopic (exact) mass is 204 g/mol. The van der Waals surface area contributed by atoms with E-state index in [1.165, 1.54) is 11.8 Å². The van der Waals surface area contributed by atoms with Crippen LogP contribution in [0.1, 0.15) is 13.8 Å². The number of hydrogen-bond acceptors (Lipinski definition) is 4. The summed E-state index contributed by atoms with van der Waals surface area (Å²) in [6.45, 7) is 3.77. The van der Waals surface area contributed by atoms with Gasteiger partial charge in [-0.15, -0.1) is 11.8 Å². The highest BCUT2D eigenvalue weighted by molar-refractivity contribution is 7.99. The van der Waals surface area contributed by atoms with Crippen molar-refractivity contribution < 1.29 is 14.6 Å². The van der Waals surface area contributed by atoms with Gasteiger partial charge in [0.15, 0.2) is 0 Å². The first-order chi connectivity index (χ1) is 6.11. The molecule has 1 N–H and O–H groups in total. The second kappa shape index (κ2) is 4.44. The van der Waals surface area contributed by atoms with Gasteiger partial charge in [0, 0.05) is 5.92 Å². The molecule has 3 nitrogen and oxygen atoms in total. The summed E-state index contributed by atoms with van der Waals surface area (Å²) < 4.78 is 5.50. The molecule has 1 aliphatic rings. The van der Waals surface area contributed by atoms with Gasteiger partial charge in [-0.25, -0.2) is 0 Å². The van der Waals surface area contributed by atoms with Gasteiger partial charge >= 0.3 is 0 Å². The number of rotatable bonds is 2. The summed E-state index contributed by atoms with van der Waals surface area (Å²) in [6, 6.07) is 0. The number of ether oxygens (including phenoxy) is 1. The lowest BCUT2D eigenvalue weighted by Crippen LogP contribution is -2.48. The lowest BCUT2D eigenvalue weighted by atomic mass is 9.84. The van der Waals surface area contributed by atoms with Gasteiger partial charge < -0.3 is 14.6 Å². The lowest BCUT2D eigenvalue weighted by Gasteiger charge is -2.39. The minimum Gasteiger partial charge on any atom is -0.389 e. The Morgan fingerprint density at radius 1 is 1.46 bits per heavy atom. The van der Waals surface area contributed by atoms with Crippen molar-refractivity contribution >= 4 is 18.0 Å². The van der Waals surface area contributed by atoms with E-state index in [9.17, 15) is 9.90 Å². The number of hydrogen-bond donors (Lipinski definition) is 1. The highest BCUT2D eigenvalue weighted by Gasteiger charge is 2.40. The Labute approximate surface area is 82.8 Å². The normalized spacial score (nSPS) is 46.0. The standard InChI is InChI=1S/C9H16O3S/c1-5-7(4-10)6(2)12-9(13-3)8(5)11/h4-9,11H,1-3H3/t5?,6?,7-,8?,9-/m0/s1. The molecule has 0 aromatic heterocycles. The fourth-order valence-corrected chi connectivity index (χ4v) is 2.53. The second-order valence-corrected chi connectivity index (χ2v) is 4.44. The molecule has 1 saturated heterocycles. The second-order valence-electron chi connectivity index (χ2n) is 3.51. The van der Waals surface area contributed by atoms with E-state index in [-0.39, 0.29) is 23.4 Å². The summed E-state index contributed by atoms with van der Waals surface area (Å²) in [7, 11) is 0. The van der Waals surface area contributed by atoms with Gasteiger partial charge in [-0.2, -0.15) is 0 Å². The fraction of sp³-hybridized carbons (Fsp3) is 0.889. The van der Waals surface area contributed by atoms with E-state index in [2.05, 4.69) is 0 Å². The van der Waals surface area contributed by atoms with Gasteiger partial charge in [0.25, 0.3) is 0 Å². The highest BCUT2D eigenvalue weighted by atomic mass is 32.2. The topological polar surface area (TPSA) is 46.5 Å². The Balaban J connectivity index is 2.72. The molecule has 1 aliphatic heterocycles. The average Bonchev–Trinajstić information content (AvgIpc) is 2.12. The molecule has 1 rings (SSSR count). The van der Waals surface area contributed by atoms with Crippen molar-refractivity contribution in [2.24, 2.45) is 11.8 Å². The van der Waals surface area contributed by atoms with E-state index in [0.717, 1.165) is 6.29 Å². The Kier molecular flexibility index (Phi) is 3.76. The van der Waals surface area contributed by atoms with Crippen LogP contribution in [0.2, 0.25) is 0 Å². The molecule has 1 fully saturated rings. The summed E-state index contributed by atoms with van der Waals surface area (Å²) in [4.78, 5) is 10.7. The SMILES string of the molecule is CS[C@@H]1OC(C)[C@@H](C=O)C(C)C1O. The molecule has 5 atom stereocenters. The molecule has 76 valence electrons. The summed E-state index contributed by atoms with van der Waals surface area (Å²) in [6.07, 6.45) is 2.15. The third-order valence-electron chi connectivity index (χ3n) is 2.70. The first-order valence-corrected chi connectivity index (χ1v) is 5.72. The van der Waals surface area contributed by atoms with Gasteiger partial charge in [0.05, 0.1) is 12.2 Å². The Morgan fingerprint density at radius 2 is 2.08 bits per heavy atom. The Hall–Kier alpha value is -0.0600. The molecule has 0 aromatic carbocycles. The molecule has 0 aromatic rings. The van der Waals surface area contributed by atoms with E-state index in [4.69, 9.17) is 4.74 Å². The van der Waals surface area contributed by atoms with Crippen molar-refractivity contribution in [3.8, 4) is 0 Å². The molecular weight excluding hydrogens is 188 g/mol. The number of aldehydes is 1. The largest absolute Gasteiger partial charge is 0.389 e. The van der Waals surface area contributed by atoms with E-state index in [1.54, 1.807) is 0 Å². The maximum atomic E-state index is 10.7. The fourth-order valence-electron chi connectivity index (χ4n) is 1.72. The smallest absolute Gasteiger partial charge is 0.129 e. The summed E-state index contributed by atoms with van der Waals surface area (Å²) in [5, 5.41) is 9.75. The molecule has 0 saturated carbocycles. The van der Waals surface area contributed by atoms with Crippen LogP contribution in [0.3, 0.4) is 0 Å². The van der Waals surface area contributed by atoms with Gasteiger partial charge in [-0.3, -0.25) is 0 Å². The minimum atomic E-state index is -0.540. The van der Waals surface area contributed by atoms with Gasteiger partial charge in [-0.05, 0) is 19.1 Å². The molecular formula is C9H16O3S. The molecule has 13 heavy (non-hydrogen) atoms. The van der Waals surface area contributed by atoms with E-state index in [1.807, 2.05) is 20.1 Å². The zero-order chi connectivity index (χ0) is 10.0. The predicted molar refractivity (Wildman–Crippen MR) is 52.6 cm³/mol. The van der Waals surface area contributed by atoms with Crippen LogP contribution < -0.4 is 0 Å². The van der Waals surface area contributed by atoms with Crippen LogP contribution in [0, 0.1) is 11.8 Å². The van der Waals surface area contributed by atoms with Gasteiger partial charge in [-0.1, -0.05) is 6.92 Å². The van der Waals surface area contributed by atoms with Crippen LogP contribution in [0.25, 0.3) is 0 Å². The Morgan fingerprint density at radius 3 is 2.54 bits per heavy atom.